The third-order valence-corrected chi connectivity index (χ3v) is 10.7. The minimum atomic E-state index is 1.13. The van der Waals surface area contributed by atoms with Crippen LogP contribution < -0.4 is 10.4 Å². The van der Waals surface area contributed by atoms with E-state index >= 15 is 0 Å². The lowest BCUT2D eigenvalue weighted by Crippen LogP contribution is -2.19. The van der Waals surface area contributed by atoms with Crippen LogP contribution in [0.2, 0.25) is 0 Å². The van der Waals surface area contributed by atoms with Crippen LogP contribution in [-0.4, -0.2) is 0 Å². The third kappa shape index (κ3) is 2.52. The summed E-state index contributed by atoms with van der Waals surface area (Å²) in [4.78, 5) is 0. The Balaban J connectivity index is 1.28. The van der Waals surface area contributed by atoms with Gasteiger partial charge in [-0.3, -0.25) is 0 Å². The van der Waals surface area contributed by atoms with E-state index in [-0.39, 0.29) is 0 Å². The van der Waals surface area contributed by atoms with Crippen LogP contribution in [0.15, 0.2) is 103 Å². The Hall–Kier alpha value is -4.94. The van der Waals surface area contributed by atoms with Gasteiger partial charge in [0.2, 0.25) is 0 Å². The lowest BCUT2D eigenvalue weighted by atomic mass is 9.80. The molecule has 11 rings (SSSR count). The van der Waals surface area contributed by atoms with Gasteiger partial charge >= 0.3 is 0 Å². The lowest BCUT2D eigenvalue weighted by molar-refractivity contribution is 0.949. The molecule has 194 valence electrons. The van der Waals surface area contributed by atoms with Crippen LogP contribution in [-0.2, 0) is 12.8 Å². The highest BCUT2D eigenvalue weighted by atomic mass is 14.3. The van der Waals surface area contributed by atoms with Crippen LogP contribution in [0.3, 0.4) is 0 Å². The van der Waals surface area contributed by atoms with Gasteiger partial charge in [0, 0.05) is 0 Å². The van der Waals surface area contributed by atoms with E-state index < -0.39 is 0 Å². The molecule has 0 aliphatic heterocycles. The summed E-state index contributed by atoms with van der Waals surface area (Å²) in [5.41, 5.74) is 9.12. The Labute approximate surface area is 242 Å². The van der Waals surface area contributed by atoms with Crippen molar-refractivity contribution in [2.75, 3.05) is 0 Å². The Kier molecular flexibility index (Phi) is 3.87. The molecular formula is C42H26. The molecule has 0 heteroatoms. The van der Waals surface area contributed by atoms with Crippen LogP contribution in [0.25, 0.3) is 87.4 Å². The van der Waals surface area contributed by atoms with Gasteiger partial charge in [-0.25, -0.2) is 0 Å². The van der Waals surface area contributed by atoms with Gasteiger partial charge in [-0.15, -0.1) is 0 Å². The zero-order valence-corrected chi connectivity index (χ0v) is 23.2. The van der Waals surface area contributed by atoms with Crippen LogP contribution in [0.5, 0.6) is 0 Å². The molecule has 0 heterocycles. The maximum atomic E-state index is 2.51. The molecule has 0 bridgehead atoms. The van der Waals surface area contributed by atoms with Gasteiger partial charge in [-0.1, -0.05) is 84.9 Å². The summed E-state index contributed by atoms with van der Waals surface area (Å²) in [5.74, 6) is 0. The van der Waals surface area contributed by atoms with E-state index in [0.717, 1.165) is 19.3 Å². The lowest BCUT2D eigenvalue weighted by Gasteiger charge is -2.23. The molecule has 0 atom stereocenters. The minimum Gasteiger partial charge on any atom is -0.0763 e. The van der Waals surface area contributed by atoms with Gasteiger partial charge in [0.15, 0.2) is 0 Å². The normalized spacial score (nSPS) is 14.9. The maximum Gasteiger partial charge on any atom is -0.00576 e. The molecule has 0 saturated heterocycles. The highest BCUT2D eigenvalue weighted by molar-refractivity contribution is 6.27. The second kappa shape index (κ2) is 7.46. The number of hydrogen-bond donors (Lipinski definition) is 0. The molecule has 0 aromatic heterocycles. The first-order valence-electron chi connectivity index (χ1n) is 15.4. The molecule has 0 saturated carbocycles. The van der Waals surface area contributed by atoms with Crippen LogP contribution in [0.1, 0.15) is 29.5 Å². The summed E-state index contributed by atoms with van der Waals surface area (Å²) in [5, 5.41) is 19.6. The van der Waals surface area contributed by atoms with Crippen LogP contribution in [0, 0.1) is 0 Å². The minimum absolute atomic E-state index is 1.13. The molecule has 8 aromatic carbocycles. The van der Waals surface area contributed by atoms with Gasteiger partial charge < -0.3 is 0 Å². The van der Waals surface area contributed by atoms with Gasteiger partial charge in [0.05, 0.1) is 0 Å². The molecule has 0 radical (unpaired) electrons. The number of hydrogen-bond acceptors (Lipinski definition) is 0. The zero-order chi connectivity index (χ0) is 27.1. The van der Waals surface area contributed by atoms with Gasteiger partial charge in [-0.2, -0.15) is 0 Å². The molecule has 0 N–H and O–H groups in total. The smallest absolute Gasteiger partial charge is 0.00576 e. The fraction of sp³-hybridized carbons (Fsp3) is 0.0952. The standard InChI is InChI=1S/C42H26/c1-3-11-28-26(9-1)27-10-2-4-12-29(27)37-20-25-22-39-35-18-16-33-31-14-6-8-23-7-5-13-30(40(23)31)32-15-17-34(42(35)41(32)33)38(39)21-24(25)19-36(28)37/h1-5,7-13,15,17,19-22H,6,14,16,18H2. The van der Waals surface area contributed by atoms with E-state index in [4.69, 9.17) is 0 Å². The van der Waals surface area contributed by atoms with Crippen molar-refractivity contribution >= 4 is 76.3 Å². The summed E-state index contributed by atoms with van der Waals surface area (Å²) >= 11 is 0. The summed E-state index contributed by atoms with van der Waals surface area (Å²) in [7, 11) is 0. The summed E-state index contributed by atoms with van der Waals surface area (Å²) in [6.07, 6.45) is 7.04. The molecule has 0 unspecified atom stereocenters. The largest absolute Gasteiger partial charge is 0.0763 e. The summed E-state index contributed by atoms with van der Waals surface area (Å²) in [6, 6.07) is 39.5. The van der Waals surface area contributed by atoms with Crippen molar-refractivity contribution in [3.8, 4) is 11.1 Å². The van der Waals surface area contributed by atoms with E-state index in [9.17, 15) is 0 Å². The Morgan fingerprint density at radius 2 is 1.02 bits per heavy atom. The van der Waals surface area contributed by atoms with Crippen molar-refractivity contribution in [2.24, 2.45) is 0 Å². The predicted octanol–water partition coefficient (Wildman–Crippen LogP) is 9.46. The van der Waals surface area contributed by atoms with E-state index in [0.29, 0.717) is 0 Å². The quantitative estimate of drug-likeness (QED) is 0.135. The molecular weight excluding hydrogens is 504 g/mol. The van der Waals surface area contributed by atoms with Crippen molar-refractivity contribution in [1.82, 2.24) is 0 Å². The number of aryl methyl sites for hydroxylation is 2. The zero-order valence-electron chi connectivity index (χ0n) is 23.2. The summed E-state index contributed by atoms with van der Waals surface area (Å²) in [6.45, 7) is 0. The van der Waals surface area contributed by atoms with Crippen molar-refractivity contribution in [3.63, 3.8) is 0 Å². The fourth-order valence-corrected chi connectivity index (χ4v) is 9.02. The third-order valence-electron chi connectivity index (χ3n) is 10.7. The van der Waals surface area contributed by atoms with E-state index in [1.54, 1.807) is 16.7 Å². The SMILES string of the molecule is C1=c2cccc3c2c(c2c4c5c(ccc43)-c3cc4cc6c7ccccc7c7ccccc7c6cc4cc3C=5CC2)CC1. The van der Waals surface area contributed by atoms with Gasteiger partial charge in [0.1, 0.15) is 0 Å². The molecule has 0 amide bonds. The number of fused-ring (bicyclic) bond motifs is 12. The van der Waals surface area contributed by atoms with Crippen LogP contribution in [0.4, 0.5) is 0 Å². The maximum absolute atomic E-state index is 2.51. The Morgan fingerprint density at radius 3 is 1.76 bits per heavy atom. The molecule has 42 heavy (non-hydrogen) atoms. The molecule has 3 aliphatic rings. The molecule has 0 nitrogen and oxygen atoms in total. The first-order chi connectivity index (χ1) is 20.8. The molecule has 8 aromatic rings. The molecule has 0 fully saturated rings. The molecule has 3 aliphatic carbocycles. The molecule has 0 spiro atoms. The second-order valence-electron chi connectivity index (χ2n) is 12.6. The average molecular weight is 531 g/mol. The second-order valence-corrected chi connectivity index (χ2v) is 12.6. The first-order valence-corrected chi connectivity index (χ1v) is 15.4. The van der Waals surface area contributed by atoms with Crippen molar-refractivity contribution in [1.29, 1.82) is 0 Å². The first kappa shape index (κ1) is 21.8. The van der Waals surface area contributed by atoms with Gasteiger partial charge in [-0.05, 0) is 158 Å². The van der Waals surface area contributed by atoms with Crippen molar-refractivity contribution in [3.05, 3.63) is 130 Å². The topological polar surface area (TPSA) is 0 Å². The van der Waals surface area contributed by atoms with E-state index in [1.807, 2.05) is 0 Å². The fourth-order valence-electron chi connectivity index (χ4n) is 9.02. The monoisotopic (exact) mass is 530 g/mol. The number of benzene rings is 8. The highest BCUT2D eigenvalue weighted by Crippen LogP contribution is 2.45. The van der Waals surface area contributed by atoms with E-state index in [2.05, 4.69) is 109 Å². The Bertz CT molecular complexity index is 2720. The van der Waals surface area contributed by atoms with Crippen LogP contribution >= 0.6 is 0 Å². The van der Waals surface area contributed by atoms with Gasteiger partial charge in [0.25, 0.3) is 0 Å². The van der Waals surface area contributed by atoms with Crippen molar-refractivity contribution < 1.29 is 0 Å². The van der Waals surface area contributed by atoms with Crippen molar-refractivity contribution in [2.45, 2.75) is 25.7 Å². The predicted molar refractivity (Wildman–Crippen MR) is 180 cm³/mol. The average Bonchev–Trinajstić information content (AvgIpc) is 3.36. The van der Waals surface area contributed by atoms with E-state index in [1.165, 1.54) is 98.2 Å². The Morgan fingerprint density at radius 1 is 0.405 bits per heavy atom. The highest BCUT2D eigenvalue weighted by Gasteiger charge is 2.29. The number of rotatable bonds is 0. The summed E-state index contributed by atoms with van der Waals surface area (Å²) < 4.78 is 0.